The second-order valence-electron chi connectivity index (χ2n) is 6.21. The number of rotatable bonds is 5. The predicted octanol–water partition coefficient (Wildman–Crippen LogP) is 3.66. The van der Waals surface area contributed by atoms with Crippen molar-refractivity contribution in [3.05, 3.63) is 50.4 Å². The van der Waals surface area contributed by atoms with E-state index in [1.165, 1.54) is 16.9 Å². The number of nitrogens with zero attached hydrogens (tertiary/aromatic N) is 1. The van der Waals surface area contributed by atoms with Crippen molar-refractivity contribution in [1.29, 1.82) is 0 Å². The first-order valence-electron chi connectivity index (χ1n) is 7.69. The largest absolute Gasteiger partial charge is 0.350 e. The lowest BCUT2D eigenvalue weighted by molar-refractivity contribution is -0.0442. The first-order valence-corrected chi connectivity index (χ1v) is 9.30. The van der Waals surface area contributed by atoms with Gasteiger partial charge in [0.25, 0.3) is 5.91 Å². The Balaban J connectivity index is 1.61. The maximum absolute atomic E-state index is 12.4. The molecule has 1 aromatic heterocycles. The molecule has 1 fully saturated rings. The molecule has 2 aromatic rings. The molecule has 0 aliphatic carbocycles. The molecule has 128 valence electrons. The Morgan fingerprint density at radius 2 is 2.00 bits per heavy atom. The summed E-state index contributed by atoms with van der Waals surface area (Å²) in [6.07, 6.45) is 1.14. The third-order valence-electron chi connectivity index (χ3n) is 3.89. The van der Waals surface area contributed by atoms with Crippen molar-refractivity contribution in [3.8, 4) is 0 Å². The zero-order valence-corrected chi connectivity index (χ0v) is 15.9. The van der Waals surface area contributed by atoms with Gasteiger partial charge in [-0.15, -0.1) is 11.3 Å². The molecule has 2 heterocycles. The number of carbonyl (C=O) groups excluding carboxylic acids is 1. The van der Waals surface area contributed by atoms with Gasteiger partial charge >= 0.3 is 0 Å². The highest BCUT2D eigenvalue weighted by atomic mass is 79.9. The molecule has 7 heteroatoms. The summed E-state index contributed by atoms with van der Waals surface area (Å²) < 4.78 is 11.8. The van der Waals surface area contributed by atoms with E-state index in [9.17, 15) is 4.79 Å². The first-order chi connectivity index (χ1) is 11.5. The summed E-state index contributed by atoms with van der Waals surface area (Å²) in [6.45, 7) is 5.88. The van der Waals surface area contributed by atoms with Crippen molar-refractivity contribution in [3.63, 3.8) is 0 Å². The van der Waals surface area contributed by atoms with Crippen LogP contribution in [-0.2, 0) is 14.9 Å². The molecule has 0 unspecified atom stereocenters. The second kappa shape index (κ2) is 7.31. The van der Waals surface area contributed by atoms with Crippen molar-refractivity contribution in [2.24, 2.45) is 0 Å². The van der Waals surface area contributed by atoms with Crippen molar-refractivity contribution < 1.29 is 14.3 Å². The van der Waals surface area contributed by atoms with Crippen LogP contribution in [0.15, 0.2) is 34.9 Å². The van der Waals surface area contributed by atoms with Gasteiger partial charge in [-0.05, 0) is 17.7 Å². The minimum Gasteiger partial charge on any atom is -0.350 e. The molecule has 24 heavy (non-hydrogen) atoms. The summed E-state index contributed by atoms with van der Waals surface area (Å²) in [5.41, 5.74) is 1.01. The van der Waals surface area contributed by atoms with Crippen LogP contribution in [0.25, 0.3) is 0 Å². The monoisotopic (exact) mass is 410 g/mol. The highest BCUT2D eigenvalue weighted by Gasteiger charge is 2.25. The summed E-state index contributed by atoms with van der Waals surface area (Å²) in [7, 11) is 0. The number of halogens is 1. The average Bonchev–Trinajstić information content (AvgIpc) is 3.24. The number of thiazole rings is 1. The van der Waals surface area contributed by atoms with E-state index >= 15 is 0 Å². The van der Waals surface area contributed by atoms with Gasteiger partial charge in [-0.25, -0.2) is 4.98 Å². The molecule has 0 radical (unpaired) electrons. The number of ether oxygens (including phenoxy) is 2. The van der Waals surface area contributed by atoms with E-state index < -0.39 is 6.29 Å². The van der Waals surface area contributed by atoms with E-state index in [1.807, 2.05) is 12.1 Å². The topological polar surface area (TPSA) is 60.5 Å². The zero-order chi connectivity index (χ0) is 17.2. The SMILES string of the molecule is CC(C)(CNC(=O)c1cnc(C2OCCO2)s1)c1ccc(Br)cc1. The van der Waals surface area contributed by atoms with Crippen LogP contribution < -0.4 is 5.32 Å². The quantitative estimate of drug-likeness (QED) is 0.816. The van der Waals surface area contributed by atoms with Crippen LogP contribution in [0.1, 0.15) is 40.4 Å². The number of carbonyl (C=O) groups is 1. The minimum atomic E-state index is -0.434. The predicted molar refractivity (Wildman–Crippen MR) is 96.3 cm³/mol. The van der Waals surface area contributed by atoms with Crippen molar-refractivity contribution in [1.82, 2.24) is 10.3 Å². The molecule has 0 saturated carbocycles. The van der Waals surface area contributed by atoms with Crippen LogP contribution in [0.2, 0.25) is 0 Å². The van der Waals surface area contributed by atoms with Gasteiger partial charge < -0.3 is 14.8 Å². The normalized spacial score (nSPS) is 15.6. The lowest BCUT2D eigenvalue weighted by Gasteiger charge is -2.25. The fourth-order valence-corrected chi connectivity index (χ4v) is 3.49. The molecule has 3 rings (SSSR count). The first kappa shape index (κ1) is 17.5. The number of amides is 1. The molecule has 1 amide bonds. The average molecular weight is 411 g/mol. The van der Waals surface area contributed by atoms with Crippen molar-refractivity contribution in [2.45, 2.75) is 25.6 Å². The highest BCUT2D eigenvalue weighted by Crippen LogP contribution is 2.28. The number of benzene rings is 1. The molecule has 0 atom stereocenters. The number of hydrogen-bond donors (Lipinski definition) is 1. The van der Waals surface area contributed by atoms with E-state index in [2.05, 4.69) is 52.2 Å². The lowest BCUT2D eigenvalue weighted by atomic mass is 9.84. The van der Waals surface area contributed by atoms with E-state index in [4.69, 9.17) is 9.47 Å². The van der Waals surface area contributed by atoms with Gasteiger partial charge in [0.2, 0.25) is 6.29 Å². The van der Waals surface area contributed by atoms with Crippen LogP contribution in [0.3, 0.4) is 0 Å². The summed E-state index contributed by atoms with van der Waals surface area (Å²) in [5, 5.41) is 3.68. The molecule has 1 saturated heterocycles. The maximum atomic E-state index is 12.4. The van der Waals surface area contributed by atoms with Crippen LogP contribution in [0.5, 0.6) is 0 Å². The summed E-state index contributed by atoms with van der Waals surface area (Å²) >= 11 is 4.75. The summed E-state index contributed by atoms with van der Waals surface area (Å²) in [6, 6.07) is 8.15. The molecule has 0 bridgehead atoms. The lowest BCUT2D eigenvalue weighted by Crippen LogP contribution is -2.36. The Hall–Kier alpha value is -1.28. The Kier molecular flexibility index (Phi) is 5.34. The van der Waals surface area contributed by atoms with Gasteiger partial charge in [0.1, 0.15) is 9.88 Å². The molecular formula is C17H19BrN2O3S. The van der Waals surface area contributed by atoms with Crippen LogP contribution in [0.4, 0.5) is 0 Å². The van der Waals surface area contributed by atoms with E-state index in [0.29, 0.717) is 29.6 Å². The maximum Gasteiger partial charge on any atom is 0.263 e. The fraction of sp³-hybridized carbons (Fsp3) is 0.412. The number of hydrogen-bond acceptors (Lipinski definition) is 5. The van der Waals surface area contributed by atoms with Crippen molar-refractivity contribution >= 4 is 33.2 Å². The van der Waals surface area contributed by atoms with Crippen LogP contribution in [0, 0.1) is 0 Å². The van der Waals surface area contributed by atoms with Crippen LogP contribution >= 0.6 is 27.3 Å². The van der Waals surface area contributed by atoms with Gasteiger partial charge in [0.05, 0.1) is 19.4 Å². The van der Waals surface area contributed by atoms with Crippen molar-refractivity contribution in [2.75, 3.05) is 19.8 Å². The van der Waals surface area contributed by atoms with Crippen LogP contribution in [-0.4, -0.2) is 30.6 Å². The Morgan fingerprint density at radius 3 is 2.67 bits per heavy atom. The smallest absolute Gasteiger partial charge is 0.263 e. The van der Waals surface area contributed by atoms with Gasteiger partial charge in [-0.2, -0.15) is 0 Å². The Morgan fingerprint density at radius 1 is 1.33 bits per heavy atom. The summed E-state index contributed by atoms with van der Waals surface area (Å²) in [5.74, 6) is -0.123. The summed E-state index contributed by atoms with van der Waals surface area (Å²) in [4.78, 5) is 17.2. The molecule has 5 nitrogen and oxygen atoms in total. The Labute approximate surface area is 153 Å². The van der Waals surface area contributed by atoms with E-state index in [1.54, 1.807) is 6.20 Å². The van der Waals surface area contributed by atoms with Gasteiger partial charge in [0, 0.05) is 16.4 Å². The number of nitrogens with one attached hydrogen (secondary N) is 1. The molecule has 1 N–H and O–H groups in total. The molecule has 1 aliphatic rings. The second-order valence-corrected chi connectivity index (χ2v) is 8.19. The van der Waals surface area contributed by atoms with Gasteiger partial charge in [-0.1, -0.05) is 41.9 Å². The third kappa shape index (κ3) is 4.03. The fourth-order valence-electron chi connectivity index (χ4n) is 2.39. The molecule has 1 aromatic carbocycles. The van der Waals surface area contributed by atoms with E-state index in [-0.39, 0.29) is 11.3 Å². The molecular weight excluding hydrogens is 392 g/mol. The van der Waals surface area contributed by atoms with Gasteiger partial charge in [0.15, 0.2) is 0 Å². The van der Waals surface area contributed by atoms with E-state index in [0.717, 1.165) is 4.47 Å². The molecule has 1 aliphatic heterocycles. The third-order valence-corrected chi connectivity index (χ3v) is 5.43. The molecule has 0 spiro atoms. The van der Waals surface area contributed by atoms with Gasteiger partial charge in [-0.3, -0.25) is 4.79 Å². The standard InChI is InChI=1S/C17H19BrN2O3S/c1-17(2,11-3-5-12(18)6-4-11)10-20-14(21)13-9-19-15(24-13)16-22-7-8-23-16/h3-6,9,16H,7-8,10H2,1-2H3,(H,20,21). The zero-order valence-electron chi connectivity index (χ0n) is 13.5. The Bertz CT molecular complexity index is 709. The minimum absolute atomic E-state index is 0.123. The number of aromatic nitrogens is 1. The highest BCUT2D eigenvalue weighted by molar-refractivity contribution is 9.10.